The van der Waals surface area contributed by atoms with E-state index in [-0.39, 0.29) is 34.8 Å². The number of guanidine groups is 1. The number of rotatable bonds is 10. The van der Waals surface area contributed by atoms with E-state index in [2.05, 4.69) is 25.7 Å². The van der Waals surface area contributed by atoms with E-state index in [1.165, 1.54) is 23.1 Å². The summed E-state index contributed by atoms with van der Waals surface area (Å²) in [6, 6.07) is 4.72. The van der Waals surface area contributed by atoms with Crippen LogP contribution in [0.1, 0.15) is 37.8 Å². The van der Waals surface area contributed by atoms with Crippen molar-refractivity contribution in [3.63, 3.8) is 0 Å². The van der Waals surface area contributed by atoms with Crippen LogP contribution in [0.2, 0.25) is 10.0 Å². The number of carbonyl (C=O) groups is 1. The predicted octanol–water partition coefficient (Wildman–Crippen LogP) is 5.88. The van der Waals surface area contributed by atoms with Crippen molar-refractivity contribution in [3.8, 4) is 11.9 Å². The molecule has 43 heavy (non-hydrogen) atoms. The van der Waals surface area contributed by atoms with Gasteiger partial charge in [0.15, 0.2) is 6.19 Å². The highest BCUT2D eigenvalue weighted by Gasteiger charge is 2.34. The number of nitrogens with one attached hydrogen (secondary N) is 4. The van der Waals surface area contributed by atoms with Crippen molar-refractivity contribution in [1.29, 1.82) is 10.7 Å². The number of aliphatic imine (C=N–C) groups is 1. The van der Waals surface area contributed by atoms with Crippen molar-refractivity contribution in [3.05, 3.63) is 57.6 Å². The number of nitriles is 1. The van der Waals surface area contributed by atoms with Crippen molar-refractivity contribution >= 4 is 46.5 Å². The molecule has 0 spiro atoms. The van der Waals surface area contributed by atoms with E-state index >= 15 is 0 Å². The lowest BCUT2D eigenvalue weighted by Gasteiger charge is -2.32. The van der Waals surface area contributed by atoms with Crippen LogP contribution in [0.25, 0.3) is 0 Å². The van der Waals surface area contributed by atoms with E-state index < -0.39 is 47.3 Å². The standard InChI is InChI=1S/C27H28Cl2F5N7O2/c1-3-41(24(42)19-5-4-10-37-19)21(23(36)15-6-8-17(28)18(29)11-15)13-38-25(39-14-35)40-20-12-16(27(32,33)34)7-9-22(20)43-26(2,30)31/h6-9,11-12,19,21,36-37H,3-5,10,13H2,1-2H3,(H2,38,39,40)/t19-,21?/m1/s1. The fourth-order valence-corrected chi connectivity index (χ4v) is 4.68. The molecule has 2 aromatic carbocycles. The highest BCUT2D eigenvalue weighted by molar-refractivity contribution is 6.42. The van der Waals surface area contributed by atoms with E-state index in [0.717, 1.165) is 6.42 Å². The molecular weight excluding hydrogens is 620 g/mol. The summed E-state index contributed by atoms with van der Waals surface area (Å²) in [7, 11) is 0. The van der Waals surface area contributed by atoms with Gasteiger partial charge in [0, 0.05) is 13.5 Å². The molecule has 4 N–H and O–H groups in total. The first kappa shape index (κ1) is 33.8. The second kappa shape index (κ2) is 14.2. The number of likely N-dealkylation sites (N-methyl/N-ethyl adjacent to an activating group) is 1. The summed E-state index contributed by atoms with van der Waals surface area (Å²) < 4.78 is 72.0. The Kier molecular flexibility index (Phi) is 11.2. The van der Waals surface area contributed by atoms with E-state index in [1.807, 2.05) is 0 Å². The van der Waals surface area contributed by atoms with Gasteiger partial charge in [-0.05, 0) is 62.2 Å². The third-order valence-corrected chi connectivity index (χ3v) is 7.11. The Hall–Kier alpha value is -3.67. The van der Waals surface area contributed by atoms with Crippen molar-refractivity contribution in [2.75, 3.05) is 25.0 Å². The summed E-state index contributed by atoms with van der Waals surface area (Å²) in [6.45, 7) is 2.55. The number of carbonyl (C=O) groups excluding carboxylic acids is 1. The zero-order valence-electron chi connectivity index (χ0n) is 23.0. The van der Waals surface area contributed by atoms with E-state index in [4.69, 9.17) is 28.6 Å². The Bertz CT molecular complexity index is 1400. The molecule has 3 rings (SSSR count). The molecule has 1 amide bonds. The predicted molar refractivity (Wildman–Crippen MR) is 153 cm³/mol. The topological polar surface area (TPSA) is 126 Å². The summed E-state index contributed by atoms with van der Waals surface area (Å²) in [5.41, 5.74) is -1.50. The molecule has 1 aliphatic heterocycles. The number of benzene rings is 2. The van der Waals surface area contributed by atoms with Crippen LogP contribution in [0.4, 0.5) is 27.6 Å². The Labute approximate surface area is 254 Å². The van der Waals surface area contributed by atoms with Crippen molar-refractivity contribution in [2.24, 2.45) is 4.99 Å². The van der Waals surface area contributed by atoms with Gasteiger partial charge >= 0.3 is 12.3 Å². The third kappa shape index (κ3) is 9.16. The summed E-state index contributed by atoms with van der Waals surface area (Å²) in [5, 5.41) is 26.3. The largest absolute Gasteiger partial charge is 0.431 e. The van der Waals surface area contributed by atoms with Crippen LogP contribution in [0.15, 0.2) is 41.4 Å². The summed E-state index contributed by atoms with van der Waals surface area (Å²) in [6.07, 6.45) is -5.63. The molecule has 1 saturated heterocycles. The van der Waals surface area contributed by atoms with Gasteiger partial charge in [-0.15, -0.1) is 0 Å². The molecular formula is C27H28Cl2F5N7O2. The average molecular weight is 648 g/mol. The first-order valence-corrected chi connectivity index (χ1v) is 13.7. The fraction of sp³-hybridized carbons (Fsp3) is 0.407. The molecule has 1 heterocycles. The Balaban J connectivity index is 2.03. The number of halogens is 7. The molecule has 0 aliphatic carbocycles. The molecule has 0 radical (unpaired) electrons. The maximum atomic E-state index is 13.6. The minimum Gasteiger partial charge on any atom is -0.431 e. The molecule has 1 fully saturated rings. The number of ether oxygens (including phenoxy) is 1. The van der Waals surface area contributed by atoms with Gasteiger partial charge < -0.3 is 25.7 Å². The highest BCUT2D eigenvalue weighted by atomic mass is 35.5. The molecule has 1 unspecified atom stereocenters. The van der Waals surface area contributed by atoms with E-state index in [0.29, 0.717) is 43.7 Å². The number of amides is 1. The lowest BCUT2D eigenvalue weighted by molar-refractivity contribution is -0.158. The minimum absolute atomic E-state index is 0.0828. The van der Waals surface area contributed by atoms with E-state index in [1.54, 1.807) is 13.1 Å². The monoisotopic (exact) mass is 647 g/mol. The van der Waals surface area contributed by atoms with Gasteiger partial charge in [-0.25, -0.2) is 4.99 Å². The van der Waals surface area contributed by atoms with Gasteiger partial charge in [-0.2, -0.15) is 27.2 Å². The van der Waals surface area contributed by atoms with Gasteiger partial charge in [0.25, 0.3) is 0 Å². The summed E-state index contributed by atoms with van der Waals surface area (Å²) in [4.78, 5) is 19.1. The maximum absolute atomic E-state index is 13.6. The molecule has 2 aromatic rings. The molecule has 0 aromatic heterocycles. The summed E-state index contributed by atoms with van der Waals surface area (Å²) >= 11 is 12.2. The number of anilines is 1. The Morgan fingerprint density at radius 3 is 2.51 bits per heavy atom. The smallest absolute Gasteiger partial charge is 0.416 e. The molecule has 2 atom stereocenters. The fourth-order valence-electron chi connectivity index (χ4n) is 4.38. The van der Waals surface area contributed by atoms with Gasteiger partial charge in [0.1, 0.15) is 5.75 Å². The van der Waals surface area contributed by atoms with Crippen LogP contribution in [-0.2, 0) is 11.0 Å². The van der Waals surface area contributed by atoms with Gasteiger partial charge in [0.2, 0.25) is 11.9 Å². The van der Waals surface area contributed by atoms with Crippen molar-refractivity contribution < 1.29 is 31.5 Å². The Morgan fingerprint density at radius 2 is 1.95 bits per heavy atom. The lowest BCUT2D eigenvalue weighted by Crippen LogP contribution is -2.52. The molecule has 232 valence electrons. The van der Waals surface area contributed by atoms with Crippen LogP contribution in [0.5, 0.6) is 5.75 Å². The second-order valence-electron chi connectivity index (χ2n) is 9.50. The van der Waals surface area contributed by atoms with Crippen molar-refractivity contribution in [1.82, 2.24) is 15.5 Å². The van der Waals surface area contributed by atoms with Gasteiger partial charge in [-0.3, -0.25) is 10.1 Å². The SMILES string of the molecule is CCN(C(=O)[C@H]1CCCN1)C(CN=C(NC#N)Nc1cc(C(F)(F)F)ccc1OC(C)(F)F)C(=N)c1ccc(Cl)c(Cl)c1. The van der Waals surface area contributed by atoms with Gasteiger partial charge in [-0.1, -0.05) is 29.3 Å². The maximum Gasteiger partial charge on any atom is 0.416 e. The summed E-state index contributed by atoms with van der Waals surface area (Å²) in [5.74, 6) is -1.39. The van der Waals surface area contributed by atoms with Crippen LogP contribution < -0.4 is 20.7 Å². The first-order valence-electron chi connectivity index (χ1n) is 13.0. The number of hydrogen-bond acceptors (Lipinski definition) is 6. The second-order valence-corrected chi connectivity index (χ2v) is 10.3. The minimum atomic E-state index is -4.82. The van der Waals surface area contributed by atoms with Crippen molar-refractivity contribution in [2.45, 2.75) is 51.1 Å². The molecule has 0 bridgehead atoms. The zero-order valence-corrected chi connectivity index (χ0v) is 24.5. The molecule has 16 heteroatoms. The molecule has 1 aliphatic rings. The van der Waals surface area contributed by atoms with Gasteiger partial charge in [0.05, 0.1) is 45.6 Å². The van der Waals surface area contributed by atoms with Crippen LogP contribution in [0, 0.1) is 16.9 Å². The highest BCUT2D eigenvalue weighted by Crippen LogP contribution is 2.37. The number of hydrogen-bond donors (Lipinski definition) is 4. The van der Waals surface area contributed by atoms with E-state index in [9.17, 15) is 32.0 Å². The average Bonchev–Trinajstić information content (AvgIpc) is 3.46. The van der Waals surface area contributed by atoms with Crippen LogP contribution in [-0.4, -0.2) is 60.3 Å². The molecule has 0 saturated carbocycles. The quantitative estimate of drug-likeness (QED) is 0.0839. The third-order valence-electron chi connectivity index (χ3n) is 6.37. The number of alkyl halides is 5. The van der Waals surface area contributed by atoms with Crippen LogP contribution >= 0.6 is 23.2 Å². The first-order chi connectivity index (χ1) is 20.1. The Morgan fingerprint density at radius 1 is 1.23 bits per heavy atom. The zero-order chi connectivity index (χ0) is 31.9. The lowest BCUT2D eigenvalue weighted by atomic mass is 10.0. The molecule has 9 nitrogen and oxygen atoms in total. The van der Waals surface area contributed by atoms with Crippen LogP contribution in [0.3, 0.4) is 0 Å². The normalized spacial score (nSPS) is 16.3. The number of nitrogens with zero attached hydrogens (tertiary/aromatic N) is 3.